The van der Waals surface area contributed by atoms with Gasteiger partial charge in [0.05, 0.1) is 18.8 Å². The summed E-state index contributed by atoms with van der Waals surface area (Å²) in [7, 11) is 0. The molecule has 0 radical (unpaired) electrons. The molecule has 6 heteroatoms. The van der Waals surface area contributed by atoms with E-state index >= 15 is 0 Å². The van der Waals surface area contributed by atoms with Gasteiger partial charge in [0, 0.05) is 19.6 Å². The van der Waals surface area contributed by atoms with E-state index in [0.717, 1.165) is 45.5 Å². The number of piperidine rings is 1. The van der Waals surface area contributed by atoms with Gasteiger partial charge in [-0.15, -0.1) is 12.4 Å². The minimum absolute atomic E-state index is 0. The van der Waals surface area contributed by atoms with Gasteiger partial charge >= 0.3 is 0 Å². The van der Waals surface area contributed by atoms with Gasteiger partial charge in [0.2, 0.25) is 5.91 Å². The Labute approximate surface area is 147 Å². The Morgan fingerprint density at radius 1 is 1.22 bits per heavy atom. The second-order valence-corrected chi connectivity index (χ2v) is 6.86. The highest BCUT2D eigenvalue weighted by Crippen LogP contribution is 2.17. The maximum atomic E-state index is 12.3. The molecule has 0 saturated carbocycles. The first-order chi connectivity index (χ1) is 10.6. The van der Waals surface area contributed by atoms with Crippen molar-refractivity contribution < 1.29 is 9.53 Å². The minimum atomic E-state index is -0.349. The van der Waals surface area contributed by atoms with E-state index in [4.69, 9.17) is 10.5 Å². The summed E-state index contributed by atoms with van der Waals surface area (Å²) < 4.78 is 5.99. The number of hydrogen-bond donors (Lipinski definition) is 1. The monoisotopic (exact) mass is 347 g/mol. The predicted octanol–water partition coefficient (Wildman–Crippen LogP) is 1.88. The topological polar surface area (TPSA) is 58.8 Å². The molecular weight excluding hydrogens is 314 g/mol. The summed E-state index contributed by atoms with van der Waals surface area (Å²) in [5.74, 6) is 0.367. The first-order valence-corrected chi connectivity index (χ1v) is 9.00. The van der Waals surface area contributed by atoms with Gasteiger partial charge in [0.1, 0.15) is 0 Å². The van der Waals surface area contributed by atoms with Crippen molar-refractivity contribution in [2.45, 2.75) is 58.1 Å². The average molecular weight is 348 g/mol. The second-order valence-electron chi connectivity index (χ2n) is 6.86. The molecule has 2 aliphatic rings. The molecule has 2 atom stereocenters. The van der Waals surface area contributed by atoms with Crippen LogP contribution in [-0.4, -0.2) is 67.2 Å². The van der Waals surface area contributed by atoms with E-state index in [1.165, 1.54) is 25.9 Å². The van der Waals surface area contributed by atoms with Crippen LogP contribution in [0.1, 0.15) is 46.0 Å². The van der Waals surface area contributed by atoms with Crippen molar-refractivity contribution in [3.8, 4) is 0 Å². The zero-order valence-electron chi connectivity index (χ0n) is 14.7. The third kappa shape index (κ3) is 6.22. The number of nitrogens with zero attached hydrogens (tertiary/aromatic N) is 2. The predicted molar refractivity (Wildman–Crippen MR) is 95.9 cm³/mol. The lowest BCUT2D eigenvalue weighted by atomic mass is 9.97. The molecule has 2 rings (SSSR count). The van der Waals surface area contributed by atoms with E-state index in [2.05, 4.69) is 18.7 Å². The highest BCUT2D eigenvalue weighted by Gasteiger charge is 2.28. The van der Waals surface area contributed by atoms with Crippen LogP contribution in [0, 0.1) is 5.92 Å². The van der Waals surface area contributed by atoms with Crippen LogP contribution in [0.2, 0.25) is 0 Å². The van der Waals surface area contributed by atoms with Gasteiger partial charge in [-0.2, -0.15) is 0 Å². The highest BCUT2D eigenvalue weighted by molar-refractivity contribution is 5.85. The van der Waals surface area contributed by atoms with Crippen LogP contribution in [-0.2, 0) is 9.53 Å². The van der Waals surface area contributed by atoms with Gasteiger partial charge in [-0.3, -0.25) is 4.79 Å². The van der Waals surface area contributed by atoms with E-state index in [1.54, 1.807) is 0 Å². The molecule has 0 spiro atoms. The molecular formula is C17H34ClN3O2. The summed E-state index contributed by atoms with van der Waals surface area (Å²) >= 11 is 0. The first-order valence-electron chi connectivity index (χ1n) is 9.00. The fraction of sp³-hybridized carbons (Fsp3) is 0.941. The SMILES string of the molecule is CCC(C)C(N)C(=O)N1CCC(OCCN2CCCC2)CC1.Cl. The molecule has 2 aliphatic heterocycles. The Morgan fingerprint density at radius 3 is 2.39 bits per heavy atom. The zero-order chi connectivity index (χ0) is 15.9. The van der Waals surface area contributed by atoms with Crippen molar-refractivity contribution >= 4 is 18.3 Å². The van der Waals surface area contributed by atoms with Crippen molar-refractivity contribution in [1.29, 1.82) is 0 Å². The van der Waals surface area contributed by atoms with Gasteiger partial charge in [-0.05, 0) is 44.7 Å². The summed E-state index contributed by atoms with van der Waals surface area (Å²) in [6.45, 7) is 10.0. The molecule has 0 aromatic rings. The van der Waals surface area contributed by atoms with Crippen LogP contribution in [0.15, 0.2) is 0 Å². The lowest BCUT2D eigenvalue weighted by Crippen LogP contribution is -2.50. The molecule has 23 heavy (non-hydrogen) atoms. The third-order valence-electron chi connectivity index (χ3n) is 5.26. The molecule has 2 N–H and O–H groups in total. The van der Waals surface area contributed by atoms with E-state index in [0.29, 0.717) is 6.10 Å². The van der Waals surface area contributed by atoms with Gasteiger partial charge in [0.25, 0.3) is 0 Å². The molecule has 0 aliphatic carbocycles. The molecule has 2 saturated heterocycles. The number of carbonyl (C=O) groups is 1. The van der Waals surface area contributed by atoms with Crippen molar-refractivity contribution in [2.75, 3.05) is 39.3 Å². The summed E-state index contributed by atoms with van der Waals surface area (Å²) in [6, 6.07) is -0.349. The van der Waals surface area contributed by atoms with Crippen LogP contribution in [0.3, 0.4) is 0 Å². The Hall–Kier alpha value is -0.360. The van der Waals surface area contributed by atoms with Crippen LogP contribution in [0.5, 0.6) is 0 Å². The summed E-state index contributed by atoms with van der Waals surface area (Å²) in [6.07, 6.45) is 5.81. The van der Waals surface area contributed by atoms with Crippen LogP contribution in [0.4, 0.5) is 0 Å². The number of likely N-dealkylation sites (tertiary alicyclic amines) is 2. The van der Waals surface area contributed by atoms with Crippen LogP contribution < -0.4 is 5.73 Å². The van der Waals surface area contributed by atoms with E-state index in [9.17, 15) is 4.79 Å². The average Bonchev–Trinajstić information content (AvgIpc) is 3.06. The first kappa shape index (κ1) is 20.7. The Kier molecular flexibility index (Phi) is 9.44. The third-order valence-corrected chi connectivity index (χ3v) is 5.26. The largest absolute Gasteiger partial charge is 0.377 e. The normalized spacial score (nSPS) is 22.7. The van der Waals surface area contributed by atoms with Crippen LogP contribution in [0.25, 0.3) is 0 Å². The van der Waals surface area contributed by atoms with Gasteiger partial charge in [-0.25, -0.2) is 0 Å². The molecule has 0 aromatic heterocycles. The number of carbonyl (C=O) groups excluding carboxylic acids is 1. The van der Waals surface area contributed by atoms with Gasteiger partial charge in [0.15, 0.2) is 0 Å². The lowest BCUT2D eigenvalue weighted by molar-refractivity contribution is -0.136. The van der Waals surface area contributed by atoms with Gasteiger partial charge in [-0.1, -0.05) is 20.3 Å². The quantitative estimate of drug-likeness (QED) is 0.764. The Morgan fingerprint density at radius 2 is 1.83 bits per heavy atom. The molecule has 2 unspecified atom stereocenters. The second kappa shape index (κ2) is 10.5. The summed E-state index contributed by atoms with van der Waals surface area (Å²) in [5.41, 5.74) is 6.06. The number of ether oxygens (including phenoxy) is 1. The number of hydrogen-bond acceptors (Lipinski definition) is 4. The minimum Gasteiger partial charge on any atom is -0.377 e. The van der Waals surface area contributed by atoms with E-state index in [1.807, 2.05) is 4.90 Å². The van der Waals surface area contributed by atoms with Crippen molar-refractivity contribution in [3.05, 3.63) is 0 Å². The zero-order valence-corrected chi connectivity index (χ0v) is 15.5. The van der Waals surface area contributed by atoms with Gasteiger partial charge < -0.3 is 20.3 Å². The Balaban J connectivity index is 0.00000264. The van der Waals surface area contributed by atoms with Crippen LogP contribution >= 0.6 is 12.4 Å². The van der Waals surface area contributed by atoms with Crippen molar-refractivity contribution in [1.82, 2.24) is 9.80 Å². The Bertz CT molecular complexity index is 343. The fourth-order valence-corrected chi connectivity index (χ4v) is 3.31. The highest BCUT2D eigenvalue weighted by atomic mass is 35.5. The number of nitrogens with two attached hydrogens (primary N) is 1. The smallest absolute Gasteiger partial charge is 0.239 e. The maximum Gasteiger partial charge on any atom is 0.239 e. The molecule has 2 fully saturated rings. The molecule has 0 bridgehead atoms. The molecule has 0 aromatic carbocycles. The van der Waals surface area contributed by atoms with E-state index in [-0.39, 0.29) is 30.3 Å². The van der Waals surface area contributed by atoms with Crippen molar-refractivity contribution in [3.63, 3.8) is 0 Å². The number of amides is 1. The number of rotatable bonds is 7. The standard InChI is InChI=1S/C17H33N3O2.ClH/c1-3-14(2)16(18)17(21)20-10-6-15(7-11-20)22-13-12-19-8-4-5-9-19;/h14-16H,3-13,18H2,1-2H3;1H. The fourth-order valence-electron chi connectivity index (χ4n) is 3.31. The summed E-state index contributed by atoms with van der Waals surface area (Å²) in [4.78, 5) is 16.8. The maximum absolute atomic E-state index is 12.3. The summed E-state index contributed by atoms with van der Waals surface area (Å²) in [5, 5.41) is 0. The van der Waals surface area contributed by atoms with E-state index < -0.39 is 0 Å². The molecule has 5 nitrogen and oxygen atoms in total. The lowest BCUT2D eigenvalue weighted by Gasteiger charge is -2.34. The molecule has 1 amide bonds. The van der Waals surface area contributed by atoms with Crippen molar-refractivity contribution in [2.24, 2.45) is 11.7 Å². The molecule has 136 valence electrons. The number of halogens is 1. The molecule has 2 heterocycles.